The van der Waals surface area contributed by atoms with Crippen molar-refractivity contribution in [2.45, 2.75) is 52.5 Å². The van der Waals surface area contributed by atoms with E-state index in [0.717, 1.165) is 43.7 Å². The minimum absolute atomic E-state index is 0.0965. The van der Waals surface area contributed by atoms with E-state index < -0.39 is 11.8 Å². The molecule has 0 aliphatic carbocycles. The summed E-state index contributed by atoms with van der Waals surface area (Å²) in [6, 6.07) is 10.9. The van der Waals surface area contributed by atoms with E-state index in [2.05, 4.69) is 17.9 Å². The number of carbonyl (C=O) groups is 2. The van der Waals surface area contributed by atoms with Gasteiger partial charge in [0.25, 0.3) is 0 Å². The Kier molecular flexibility index (Phi) is 7.08. The average Bonchev–Trinajstić information content (AvgIpc) is 2.71. The van der Waals surface area contributed by atoms with Gasteiger partial charge in [0.1, 0.15) is 5.82 Å². The topological polar surface area (TPSA) is 60.9 Å². The van der Waals surface area contributed by atoms with Crippen molar-refractivity contribution in [3.05, 3.63) is 58.9 Å². The minimum atomic E-state index is -0.952. The van der Waals surface area contributed by atoms with Crippen molar-refractivity contribution in [3.8, 4) is 0 Å². The first-order valence-electron chi connectivity index (χ1n) is 10.5. The Morgan fingerprint density at radius 2 is 2.03 bits per heavy atom. The summed E-state index contributed by atoms with van der Waals surface area (Å²) < 4.78 is 14.5. The molecule has 0 saturated carbocycles. The Hall–Kier alpha value is -2.89. The summed E-state index contributed by atoms with van der Waals surface area (Å²) in [6.45, 7) is 5.85. The van der Waals surface area contributed by atoms with Gasteiger partial charge in [-0.25, -0.2) is 4.39 Å². The van der Waals surface area contributed by atoms with Gasteiger partial charge in [-0.1, -0.05) is 31.2 Å². The molecule has 0 spiro atoms. The molecule has 0 aromatic heterocycles. The summed E-state index contributed by atoms with van der Waals surface area (Å²) in [5, 5.41) is 8.81. The zero-order chi connectivity index (χ0) is 21.7. The maximum atomic E-state index is 14.5. The van der Waals surface area contributed by atoms with E-state index in [-0.39, 0.29) is 25.3 Å². The quantitative estimate of drug-likeness (QED) is 0.691. The van der Waals surface area contributed by atoms with Crippen molar-refractivity contribution >= 4 is 23.3 Å². The third kappa shape index (κ3) is 4.99. The molecule has 1 N–H and O–H groups in total. The van der Waals surface area contributed by atoms with Crippen LogP contribution in [0.15, 0.2) is 36.4 Å². The lowest BCUT2D eigenvalue weighted by molar-refractivity contribution is -0.137. The monoisotopic (exact) mass is 412 g/mol. The summed E-state index contributed by atoms with van der Waals surface area (Å²) >= 11 is 0. The highest BCUT2D eigenvalue weighted by atomic mass is 19.1. The molecule has 0 fully saturated rings. The number of rotatable bonds is 8. The molecule has 3 rings (SSSR count). The number of amides is 1. The summed E-state index contributed by atoms with van der Waals surface area (Å²) in [5.41, 5.74) is 4.27. The van der Waals surface area contributed by atoms with Crippen LogP contribution < -0.4 is 9.80 Å². The van der Waals surface area contributed by atoms with Crippen LogP contribution in [0.3, 0.4) is 0 Å². The third-order valence-corrected chi connectivity index (χ3v) is 5.52. The number of anilines is 2. The smallest absolute Gasteiger partial charge is 0.303 e. The van der Waals surface area contributed by atoms with Gasteiger partial charge in [0.05, 0.1) is 17.9 Å². The van der Waals surface area contributed by atoms with Crippen molar-refractivity contribution < 1.29 is 19.1 Å². The van der Waals surface area contributed by atoms with Gasteiger partial charge in [0.2, 0.25) is 5.91 Å². The Balaban J connectivity index is 1.90. The van der Waals surface area contributed by atoms with Crippen molar-refractivity contribution in [2.24, 2.45) is 0 Å². The second-order valence-electron chi connectivity index (χ2n) is 7.80. The fraction of sp³-hybridized carbons (Fsp3) is 0.417. The molecule has 1 heterocycles. The third-order valence-electron chi connectivity index (χ3n) is 5.52. The predicted octanol–water partition coefficient (Wildman–Crippen LogP) is 4.56. The van der Waals surface area contributed by atoms with Crippen LogP contribution in [0.5, 0.6) is 0 Å². The maximum Gasteiger partial charge on any atom is 0.303 e. The average molecular weight is 413 g/mol. The first kappa shape index (κ1) is 21.8. The molecule has 1 aliphatic rings. The van der Waals surface area contributed by atoms with Crippen molar-refractivity contribution in [2.75, 3.05) is 22.9 Å². The summed E-state index contributed by atoms with van der Waals surface area (Å²) in [7, 11) is 0. The van der Waals surface area contributed by atoms with Crippen LogP contribution in [-0.4, -0.2) is 30.1 Å². The standard InChI is InChI=1S/C24H29FN2O3/c1-3-13-26-14-5-7-20-6-4-8-22(24(20)26)27(17(2)28)16-18-9-10-19(21(25)15-18)11-12-23(29)30/h4,6,8-10,15H,3,5,7,11-14,16H2,1-2H3,(H,29,30). The molecule has 0 saturated heterocycles. The van der Waals surface area contributed by atoms with E-state index in [1.165, 1.54) is 18.6 Å². The molecular formula is C24H29FN2O3. The van der Waals surface area contributed by atoms with Crippen LogP contribution in [-0.2, 0) is 29.0 Å². The summed E-state index contributed by atoms with van der Waals surface area (Å²) in [4.78, 5) is 27.4. The van der Waals surface area contributed by atoms with Crippen LogP contribution in [0.25, 0.3) is 0 Å². The second kappa shape index (κ2) is 9.74. The van der Waals surface area contributed by atoms with E-state index in [0.29, 0.717) is 11.1 Å². The van der Waals surface area contributed by atoms with Gasteiger partial charge in [-0.15, -0.1) is 0 Å². The fourth-order valence-corrected chi connectivity index (χ4v) is 4.11. The fourth-order valence-electron chi connectivity index (χ4n) is 4.11. The molecule has 0 unspecified atom stereocenters. The number of nitrogens with zero attached hydrogens (tertiary/aromatic N) is 2. The van der Waals surface area contributed by atoms with Crippen LogP contribution >= 0.6 is 0 Å². The number of fused-ring (bicyclic) bond motifs is 1. The largest absolute Gasteiger partial charge is 0.481 e. The molecule has 6 heteroatoms. The van der Waals surface area contributed by atoms with Gasteiger partial charge in [0, 0.05) is 26.4 Å². The molecule has 160 valence electrons. The lowest BCUT2D eigenvalue weighted by atomic mass is 9.99. The zero-order valence-electron chi connectivity index (χ0n) is 17.7. The van der Waals surface area contributed by atoms with Crippen LogP contribution in [0.2, 0.25) is 0 Å². The van der Waals surface area contributed by atoms with E-state index in [4.69, 9.17) is 5.11 Å². The first-order chi connectivity index (χ1) is 14.4. The van der Waals surface area contributed by atoms with Crippen molar-refractivity contribution in [1.82, 2.24) is 0 Å². The van der Waals surface area contributed by atoms with E-state index in [1.807, 2.05) is 12.1 Å². The number of carbonyl (C=O) groups excluding carboxylic acids is 1. The highest BCUT2D eigenvalue weighted by Gasteiger charge is 2.24. The number of hydrogen-bond acceptors (Lipinski definition) is 3. The van der Waals surface area contributed by atoms with Gasteiger partial charge in [0.15, 0.2) is 0 Å². The molecule has 0 radical (unpaired) electrons. The summed E-state index contributed by atoms with van der Waals surface area (Å²) in [5.74, 6) is -1.48. The Labute approximate surface area is 177 Å². The van der Waals surface area contributed by atoms with Crippen LogP contribution in [0, 0.1) is 5.82 Å². The van der Waals surface area contributed by atoms with Crippen molar-refractivity contribution in [1.29, 1.82) is 0 Å². The Bertz CT molecular complexity index is 929. The lowest BCUT2D eigenvalue weighted by Gasteiger charge is -2.36. The molecule has 30 heavy (non-hydrogen) atoms. The van der Waals surface area contributed by atoms with Crippen LogP contribution in [0.1, 0.15) is 49.8 Å². The molecule has 1 aliphatic heterocycles. The van der Waals surface area contributed by atoms with Crippen LogP contribution in [0.4, 0.5) is 15.8 Å². The number of aryl methyl sites for hydroxylation is 2. The number of halogens is 1. The number of benzene rings is 2. The number of aliphatic carboxylic acids is 1. The van der Waals surface area contributed by atoms with Gasteiger partial charge in [-0.05, 0) is 54.5 Å². The molecule has 0 bridgehead atoms. The van der Waals surface area contributed by atoms with E-state index >= 15 is 0 Å². The molecule has 0 atom stereocenters. The first-order valence-corrected chi connectivity index (χ1v) is 10.5. The maximum absolute atomic E-state index is 14.5. The minimum Gasteiger partial charge on any atom is -0.481 e. The number of hydrogen-bond donors (Lipinski definition) is 1. The highest BCUT2D eigenvalue weighted by molar-refractivity contribution is 5.96. The summed E-state index contributed by atoms with van der Waals surface area (Å²) in [6.07, 6.45) is 3.15. The predicted molar refractivity (Wildman–Crippen MR) is 116 cm³/mol. The highest BCUT2D eigenvalue weighted by Crippen LogP contribution is 2.37. The van der Waals surface area contributed by atoms with E-state index in [1.54, 1.807) is 17.0 Å². The lowest BCUT2D eigenvalue weighted by Crippen LogP contribution is -2.35. The second-order valence-corrected chi connectivity index (χ2v) is 7.80. The van der Waals surface area contributed by atoms with Gasteiger partial charge in [-0.2, -0.15) is 0 Å². The van der Waals surface area contributed by atoms with Gasteiger partial charge >= 0.3 is 5.97 Å². The molecular weight excluding hydrogens is 383 g/mol. The molecule has 5 nitrogen and oxygen atoms in total. The Morgan fingerprint density at radius 1 is 1.23 bits per heavy atom. The van der Waals surface area contributed by atoms with Crippen molar-refractivity contribution in [3.63, 3.8) is 0 Å². The van der Waals surface area contributed by atoms with Gasteiger partial charge < -0.3 is 14.9 Å². The van der Waals surface area contributed by atoms with E-state index in [9.17, 15) is 14.0 Å². The number of carboxylic acids is 1. The Morgan fingerprint density at radius 3 is 2.70 bits per heavy atom. The molecule has 1 amide bonds. The van der Waals surface area contributed by atoms with Gasteiger partial charge in [-0.3, -0.25) is 9.59 Å². The number of para-hydroxylation sites is 1. The zero-order valence-corrected chi connectivity index (χ0v) is 17.7. The molecule has 2 aromatic rings. The molecule has 2 aromatic carbocycles. The SMILES string of the molecule is CCCN1CCCc2cccc(N(Cc3ccc(CCC(=O)O)c(F)c3)C(C)=O)c21. The number of carboxylic acid groups (broad SMARTS) is 1. The normalized spacial score (nSPS) is 13.1.